The number of hydrogen-bond acceptors (Lipinski definition) is 4. The number of benzene rings is 2. The Labute approximate surface area is 174 Å². The minimum Gasteiger partial charge on any atom is -0.489 e. The fourth-order valence-electron chi connectivity index (χ4n) is 2.49. The monoisotopic (exact) mass is 413 g/mol. The Morgan fingerprint density at radius 3 is 2.41 bits per heavy atom. The molecule has 29 heavy (non-hydrogen) atoms. The van der Waals surface area contributed by atoms with Gasteiger partial charge < -0.3 is 14.3 Å². The number of nitrogens with zero attached hydrogens (tertiary/aromatic N) is 3. The fraction of sp³-hybridized carbons (Fsp3) is 0.455. The van der Waals surface area contributed by atoms with E-state index >= 15 is 0 Å². The van der Waals surface area contributed by atoms with Crippen LogP contribution in [0.5, 0.6) is 5.75 Å². The van der Waals surface area contributed by atoms with Crippen LogP contribution in [0.2, 0.25) is 18.1 Å². The first-order chi connectivity index (χ1) is 13.6. The predicted octanol–water partition coefficient (Wildman–Crippen LogP) is 6.13. The number of aliphatic hydroxyl groups excluding tert-OH is 1. The van der Waals surface area contributed by atoms with Crippen molar-refractivity contribution >= 4 is 8.32 Å². The van der Waals surface area contributed by atoms with Crippen LogP contribution in [0.4, 0.5) is 0 Å². The highest BCUT2D eigenvalue weighted by Gasteiger charge is 2.37. The van der Waals surface area contributed by atoms with Crippen LogP contribution >= 0.6 is 0 Å². The van der Waals surface area contributed by atoms with E-state index in [0.29, 0.717) is 18.8 Å². The van der Waals surface area contributed by atoms with Crippen LogP contribution in [0, 0.1) is 0 Å². The molecular weight excluding hydrogens is 382 g/mol. The van der Waals surface area contributed by atoms with Gasteiger partial charge in [0.25, 0.3) is 0 Å². The standard InChI is InChI=1S/C22H31N3O3Si/c1-22(2,3)29(4,5)28-16-19-13-18(20(26)14-24-25-23)11-12-21(19)27-15-17-9-7-6-8-10-17/h6-13,20,26H,14-16H2,1-5H3/t20-/m0/s1. The Hall–Kier alpha value is -2.31. The van der Waals surface area contributed by atoms with Crippen molar-refractivity contribution in [2.45, 2.75) is 58.2 Å². The van der Waals surface area contributed by atoms with Crippen LogP contribution < -0.4 is 4.74 Å². The summed E-state index contributed by atoms with van der Waals surface area (Å²) >= 11 is 0. The summed E-state index contributed by atoms with van der Waals surface area (Å²) in [4.78, 5) is 2.72. The summed E-state index contributed by atoms with van der Waals surface area (Å²) in [6.07, 6.45) is -0.860. The average molecular weight is 414 g/mol. The SMILES string of the molecule is CC(C)(C)[Si](C)(C)OCc1cc([C@@H](O)CN=[N+]=[N-])ccc1OCc1ccccc1. The molecule has 0 aliphatic rings. The zero-order valence-corrected chi connectivity index (χ0v) is 18.9. The highest BCUT2D eigenvalue weighted by molar-refractivity contribution is 6.74. The average Bonchev–Trinajstić information content (AvgIpc) is 2.69. The Kier molecular flexibility index (Phi) is 7.87. The maximum Gasteiger partial charge on any atom is 0.192 e. The second-order valence-electron chi connectivity index (χ2n) is 8.62. The van der Waals surface area contributed by atoms with E-state index in [-0.39, 0.29) is 11.6 Å². The Morgan fingerprint density at radius 1 is 1.10 bits per heavy atom. The highest BCUT2D eigenvalue weighted by Crippen LogP contribution is 2.38. The van der Waals surface area contributed by atoms with Crippen molar-refractivity contribution < 1.29 is 14.3 Å². The summed E-state index contributed by atoms with van der Waals surface area (Å²) in [5.74, 6) is 0.729. The van der Waals surface area contributed by atoms with Gasteiger partial charge in [-0.1, -0.05) is 62.3 Å². The summed E-state index contributed by atoms with van der Waals surface area (Å²) < 4.78 is 12.4. The van der Waals surface area contributed by atoms with Gasteiger partial charge in [-0.25, -0.2) is 0 Å². The molecule has 0 aliphatic heterocycles. The smallest absolute Gasteiger partial charge is 0.192 e. The summed E-state index contributed by atoms with van der Waals surface area (Å²) in [7, 11) is -1.95. The van der Waals surface area contributed by atoms with Crippen molar-refractivity contribution in [2.24, 2.45) is 5.11 Å². The number of azide groups is 1. The third-order valence-corrected chi connectivity index (χ3v) is 9.90. The van der Waals surface area contributed by atoms with Gasteiger partial charge in [0.2, 0.25) is 0 Å². The molecule has 2 aromatic carbocycles. The van der Waals surface area contributed by atoms with Crippen LogP contribution in [-0.4, -0.2) is 20.0 Å². The van der Waals surface area contributed by atoms with Gasteiger partial charge in [-0.2, -0.15) is 0 Å². The molecule has 1 atom stereocenters. The van der Waals surface area contributed by atoms with Crippen LogP contribution in [0.15, 0.2) is 53.6 Å². The van der Waals surface area contributed by atoms with Crippen molar-refractivity contribution in [3.63, 3.8) is 0 Å². The van der Waals surface area contributed by atoms with Crippen molar-refractivity contribution in [1.82, 2.24) is 0 Å². The molecule has 7 heteroatoms. The van der Waals surface area contributed by atoms with E-state index in [2.05, 4.69) is 43.9 Å². The molecule has 0 spiro atoms. The first kappa shape index (κ1) is 23.0. The van der Waals surface area contributed by atoms with Crippen molar-refractivity contribution in [3.8, 4) is 5.75 Å². The Balaban J connectivity index is 2.24. The third kappa shape index (κ3) is 6.61. The van der Waals surface area contributed by atoms with Crippen LogP contribution in [0.3, 0.4) is 0 Å². The van der Waals surface area contributed by atoms with Gasteiger partial charge in [-0.15, -0.1) is 0 Å². The zero-order chi connectivity index (χ0) is 21.5. The van der Waals surface area contributed by atoms with E-state index < -0.39 is 14.4 Å². The number of rotatable bonds is 9. The molecule has 0 saturated carbocycles. The largest absolute Gasteiger partial charge is 0.489 e. The molecule has 0 unspecified atom stereocenters. The zero-order valence-electron chi connectivity index (χ0n) is 17.9. The van der Waals surface area contributed by atoms with Gasteiger partial charge in [0.1, 0.15) is 12.4 Å². The molecule has 156 valence electrons. The van der Waals surface area contributed by atoms with Crippen molar-refractivity contribution in [1.29, 1.82) is 0 Å². The fourth-order valence-corrected chi connectivity index (χ4v) is 3.44. The molecule has 0 amide bonds. The third-order valence-electron chi connectivity index (χ3n) is 5.42. The molecule has 0 bridgehead atoms. The van der Waals surface area contributed by atoms with Crippen LogP contribution in [0.1, 0.15) is 43.6 Å². The van der Waals surface area contributed by atoms with Crippen molar-refractivity contribution in [2.75, 3.05) is 6.54 Å². The molecule has 6 nitrogen and oxygen atoms in total. The molecule has 0 saturated heterocycles. The van der Waals surface area contributed by atoms with Gasteiger partial charge in [-0.3, -0.25) is 0 Å². The van der Waals surface area contributed by atoms with Gasteiger partial charge in [0.15, 0.2) is 8.32 Å². The second kappa shape index (κ2) is 9.94. The molecule has 0 aliphatic carbocycles. The predicted molar refractivity (Wildman–Crippen MR) is 118 cm³/mol. The van der Waals surface area contributed by atoms with Crippen molar-refractivity contribution in [3.05, 3.63) is 75.7 Å². The number of ether oxygens (including phenoxy) is 1. The van der Waals surface area contributed by atoms with Gasteiger partial charge in [0, 0.05) is 10.5 Å². The van der Waals surface area contributed by atoms with Gasteiger partial charge in [0.05, 0.1) is 19.3 Å². The Bertz CT molecular complexity index is 844. The molecule has 2 rings (SSSR count). The van der Waals surface area contributed by atoms with Crippen LogP contribution in [-0.2, 0) is 17.6 Å². The van der Waals surface area contributed by atoms with E-state index in [1.165, 1.54) is 0 Å². The highest BCUT2D eigenvalue weighted by atomic mass is 28.4. The molecule has 0 aromatic heterocycles. The molecule has 0 heterocycles. The summed E-state index contributed by atoms with van der Waals surface area (Å²) in [5.41, 5.74) is 11.1. The molecule has 2 aromatic rings. The lowest BCUT2D eigenvalue weighted by Crippen LogP contribution is -2.40. The van der Waals surface area contributed by atoms with E-state index in [1.54, 1.807) is 6.07 Å². The van der Waals surface area contributed by atoms with Crippen LogP contribution in [0.25, 0.3) is 10.4 Å². The summed E-state index contributed by atoms with van der Waals surface area (Å²) in [5, 5.41) is 13.9. The lowest BCUT2D eigenvalue weighted by molar-refractivity contribution is 0.186. The molecule has 0 fully saturated rings. The van der Waals surface area contributed by atoms with Gasteiger partial charge in [-0.05, 0) is 46.9 Å². The summed E-state index contributed by atoms with van der Waals surface area (Å²) in [6, 6.07) is 15.5. The Morgan fingerprint density at radius 2 is 1.79 bits per heavy atom. The van der Waals surface area contributed by atoms with E-state index in [4.69, 9.17) is 14.7 Å². The minimum atomic E-state index is -1.95. The molecule has 1 N–H and O–H groups in total. The van der Waals surface area contributed by atoms with E-state index in [0.717, 1.165) is 16.9 Å². The second-order valence-corrected chi connectivity index (χ2v) is 13.4. The summed E-state index contributed by atoms with van der Waals surface area (Å²) in [6.45, 7) is 11.9. The van der Waals surface area contributed by atoms with E-state index in [9.17, 15) is 5.11 Å². The number of aliphatic hydroxyl groups is 1. The maximum atomic E-state index is 10.3. The normalized spacial score (nSPS) is 12.9. The molecular formula is C22H31N3O3Si. The van der Waals surface area contributed by atoms with Gasteiger partial charge >= 0.3 is 0 Å². The quantitative estimate of drug-likeness (QED) is 0.232. The topological polar surface area (TPSA) is 87.5 Å². The first-order valence-corrected chi connectivity index (χ1v) is 12.7. The number of hydrogen-bond donors (Lipinski definition) is 1. The van der Waals surface area contributed by atoms with E-state index in [1.807, 2.05) is 42.5 Å². The minimum absolute atomic E-state index is 0.0107. The maximum absolute atomic E-state index is 10.3. The molecule has 0 radical (unpaired) electrons. The lowest BCUT2D eigenvalue weighted by atomic mass is 10.1. The first-order valence-electron chi connectivity index (χ1n) is 9.76. The lowest BCUT2D eigenvalue weighted by Gasteiger charge is -2.36.